The molecule has 0 saturated carbocycles. The highest BCUT2D eigenvalue weighted by atomic mass is 35.5. The van der Waals surface area contributed by atoms with Crippen molar-refractivity contribution in [2.24, 2.45) is 5.92 Å². The van der Waals surface area contributed by atoms with Crippen LogP contribution < -0.4 is 5.32 Å². The van der Waals surface area contributed by atoms with Gasteiger partial charge in [0.2, 0.25) is 5.91 Å². The highest BCUT2D eigenvalue weighted by Crippen LogP contribution is 2.23. The first-order valence-corrected chi connectivity index (χ1v) is 9.35. The molecule has 2 fully saturated rings. The lowest BCUT2D eigenvalue weighted by molar-refractivity contribution is -0.133. The Balaban J connectivity index is 0.00000225. The molecule has 4 nitrogen and oxygen atoms in total. The van der Waals surface area contributed by atoms with Crippen LogP contribution >= 0.6 is 12.4 Å². The summed E-state index contributed by atoms with van der Waals surface area (Å²) < 4.78 is 5.44. The van der Waals surface area contributed by atoms with Gasteiger partial charge in [0.1, 0.15) is 0 Å². The minimum absolute atomic E-state index is 0. The first kappa shape index (κ1) is 20.2. The number of benzene rings is 1. The summed E-state index contributed by atoms with van der Waals surface area (Å²) in [5.74, 6) is 1.04. The van der Waals surface area contributed by atoms with Gasteiger partial charge in [-0.15, -0.1) is 12.4 Å². The standard InChI is InChI=1S/C20H30N2O2.ClH/c1-16-2-4-17(5-3-16)6-7-18-8-11-22(12-9-18)20(23)14-19-15-24-13-10-21-19;/h2-5,18-19,21H,6-15H2,1H3;1H. The van der Waals surface area contributed by atoms with Crippen molar-refractivity contribution in [2.45, 2.75) is 45.1 Å². The average molecular weight is 367 g/mol. The number of ether oxygens (including phenoxy) is 1. The summed E-state index contributed by atoms with van der Waals surface area (Å²) in [6, 6.07) is 9.07. The number of rotatable bonds is 5. The van der Waals surface area contributed by atoms with Gasteiger partial charge in [-0.2, -0.15) is 0 Å². The van der Waals surface area contributed by atoms with E-state index in [1.807, 2.05) is 0 Å². The smallest absolute Gasteiger partial charge is 0.224 e. The minimum atomic E-state index is 0. The number of carbonyl (C=O) groups is 1. The number of carbonyl (C=O) groups excluding carboxylic acids is 1. The van der Waals surface area contributed by atoms with Crippen LogP contribution in [0.4, 0.5) is 0 Å². The molecular weight excluding hydrogens is 336 g/mol. The van der Waals surface area contributed by atoms with Crippen molar-refractivity contribution in [1.29, 1.82) is 0 Å². The molecule has 1 unspecified atom stereocenters. The molecule has 1 aromatic carbocycles. The molecule has 0 aromatic heterocycles. The molecule has 1 aromatic rings. The Hall–Kier alpha value is -1.10. The maximum atomic E-state index is 12.4. The zero-order chi connectivity index (χ0) is 16.8. The van der Waals surface area contributed by atoms with Gasteiger partial charge in [0.05, 0.1) is 13.2 Å². The Morgan fingerprint density at radius 2 is 1.96 bits per heavy atom. The van der Waals surface area contributed by atoms with Gasteiger partial charge < -0.3 is 15.0 Å². The highest BCUT2D eigenvalue weighted by molar-refractivity contribution is 5.85. The van der Waals surface area contributed by atoms with Crippen molar-refractivity contribution in [2.75, 3.05) is 32.8 Å². The SMILES string of the molecule is Cc1ccc(CCC2CCN(C(=O)CC3COCCN3)CC2)cc1.Cl. The quantitative estimate of drug-likeness (QED) is 0.871. The van der Waals surface area contributed by atoms with E-state index in [4.69, 9.17) is 4.74 Å². The van der Waals surface area contributed by atoms with Gasteiger partial charge in [-0.05, 0) is 44.1 Å². The van der Waals surface area contributed by atoms with Crippen LogP contribution in [-0.4, -0.2) is 49.7 Å². The molecule has 2 aliphatic rings. The summed E-state index contributed by atoms with van der Waals surface area (Å²) in [5.41, 5.74) is 2.76. The Kier molecular flexibility index (Phi) is 8.20. The average Bonchev–Trinajstić information content (AvgIpc) is 2.62. The second-order valence-corrected chi connectivity index (χ2v) is 7.28. The van der Waals surface area contributed by atoms with E-state index >= 15 is 0 Å². The molecular formula is C20H31ClN2O2. The van der Waals surface area contributed by atoms with Crippen molar-refractivity contribution in [3.63, 3.8) is 0 Å². The third kappa shape index (κ3) is 6.28. The maximum absolute atomic E-state index is 12.4. The number of nitrogens with one attached hydrogen (secondary N) is 1. The zero-order valence-electron chi connectivity index (χ0n) is 15.2. The number of morpholine rings is 1. The minimum Gasteiger partial charge on any atom is -0.378 e. The Bertz CT molecular complexity index is 521. The van der Waals surface area contributed by atoms with Crippen molar-refractivity contribution in [1.82, 2.24) is 10.2 Å². The van der Waals surface area contributed by atoms with Crippen LogP contribution in [0.1, 0.15) is 36.8 Å². The normalized spacial score (nSPS) is 21.6. The Labute approximate surface area is 157 Å². The number of nitrogens with zero attached hydrogens (tertiary/aromatic N) is 1. The van der Waals surface area contributed by atoms with Gasteiger partial charge >= 0.3 is 0 Å². The van der Waals surface area contributed by atoms with E-state index in [0.29, 0.717) is 13.0 Å². The fraction of sp³-hybridized carbons (Fsp3) is 0.650. The van der Waals surface area contributed by atoms with Crippen LogP contribution in [0.15, 0.2) is 24.3 Å². The Morgan fingerprint density at radius 3 is 2.60 bits per heavy atom. The number of amides is 1. The molecule has 140 valence electrons. The molecule has 3 rings (SSSR count). The van der Waals surface area contributed by atoms with Crippen LogP contribution in [0.3, 0.4) is 0 Å². The summed E-state index contributed by atoms with van der Waals surface area (Å²) in [6.07, 6.45) is 5.26. The monoisotopic (exact) mass is 366 g/mol. The van der Waals surface area contributed by atoms with E-state index in [1.54, 1.807) is 0 Å². The predicted molar refractivity (Wildman–Crippen MR) is 103 cm³/mol. The van der Waals surface area contributed by atoms with E-state index in [2.05, 4.69) is 41.4 Å². The van der Waals surface area contributed by atoms with Crippen molar-refractivity contribution in [3.8, 4) is 0 Å². The molecule has 2 saturated heterocycles. The molecule has 5 heteroatoms. The molecule has 25 heavy (non-hydrogen) atoms. The summed E-state index contributed by atoms with van der Waals surface area (Å²) in [6.45, 7) is 6.26. The lowest BCUT2D eigenvalue weighted by Gasteiger charge is -2.33. The first-order valence-electron chi connectivity index (χ1n) is 9.35. The zero-order valence-corrected chi connectivity index (χ0v) is 16.0. The van der Waals surface area contributed by atoms with E-state index < -0.39 is 0 Å². The van der Waals surface area contributed by atoms with Crippen LogP contribution in [0.2, 0.25) is 0 Å². The number of likely N-dealkylation sites (tertiary alicyclic amines) is 1. The number of halogens is 1. The van der Waals surface area contributed by atoms with Crippen LogP contribution in [-0.2, 0) is 16.0 Å². The molecule has 1 atom stereocenters. The van der Waals surface area contributed by atoms with E-state index in [-0.39, 0.29) is 24.4 Å². The lowest BCUT2D eigenvalue weighted by atomic mass is 9.90. The molecule has 0 radical (unpaired) electrons. The third-order valence-electron chi connectivity index (χ3n) is 5.35. The van der Waals surface area contributed by atoms with Gasteiger partial charge in [0.15, 0.2) is 0 Å². The van der Waals surface area contributed by atoms with Gasteiger partial charge in [0, 0.05) is 32.1 Å². The Morgan fingerprint density at radius 1 is 1.24 bits per heavy atom. The van der Waals surface area contributed by atoms with Crippen LogP contribution in [0, 0.1) is 12.8 Å². The largest absolute Gasteiger partial charge is 0.378 e. The van der Waals surface area contributed by atoms with Crippen molar-refractivity contribution < 1.29 is 9.53 Å². The highest BCUT2D eigenvalue weighted by Gasteiger charge is 2.25. The second kappa shape index (κ2) is 10.1. The lowest BCUT2D eigenvalue weighted by Crippen LogP contribution is -2.46. The summed E-state index contributed by atoms with van der Waals surface area (Å²) in [4.78, 5) is 14.5. The summed E-state index contributed by atoms with van der Waals surface area (Å²) in [5, 5.41) is 3.37. The molecule has 0 spiro atoms. The maximum Gasteiger partial charge on any atom is 0.224 e. The van der Waals surface area contributed by atoms with E-state index in [9.17, 15) is 4.79 Å². The van der Waals surface area contributed by atoms with Gasteiger partial charge in [-0.3, -0.25) is 4.79 Å². The molecule has 1 amide bonds. The second-order valence-electron chi connectivity index (χ2n) is 7.28. The van der Waals surface area contributed by atoms with Crippen molar-refractivity contribution >= 4 is 18.3 Å². The number of hydrogen-bond acceptors (Lipinski definition) is 3. The molecule has 0 aliphatic carbocycles. The fourth-order valence-electron chi connectivity index (χ4n) is 3.69. The van der Waals surface area contributed by atoms with Gasteiger partial charge in [-0.1, -0.05) is 29.8 Å². The van der Waals surface area contributed by atoms with Crippen LogP contribution in [0.25, 0.3) is 0 Å². The van der Waals surface area contributed by atoms with E-state index in [1.165, 1.54) is 17.5 Å². The summed E-state index contributed by atoms with van der Waals surface area (Å²) >= 11 is 0. The molecule has 2 heterocycles. The summed E-state index contributed by atoms with van der Waals surface area (Å²) in [7, 11) is 0. The first-order chi connectivity index (χ1) is 11.7. The molecule has 1 N–H and O–H groups in total. The number of piperidine rings is 1. The number of aryl methyl sites for hydroxylation is 2. The van der Waals surface area contributed by atoms with E-state index in [0.717, 1.165) is 51.4 Å². The van der Waals surface area contributed by atoms with Gasteiger partial charge in [0.25, 0.3) is 0 Å². The molecule has 2 aliphatic heterocycles. The van der Waals surface area contributed by atoms with Crippen molar-refractivity contribution in [3.05, 3.63) is 35.4 Å². The fourth-order valence-corrected chi connectivity index (χ4v) is 3.69. The van der Waals surface area contributed by atoms with Crippen LogP contribution in [0.5, 0.6) is 0 Å². The topological polar surface area (TPSA) is 41.6 Å². The number of hydrogen-bond donors (Lipinski definition) is 1. The van der Waals surface area contributed by atoms with Gasteiger partial charge in [-0.25, -0.2) is 0 Å². The molecule has 0 bridgehead atoms. The third-order valence-corrected chi connectivity index (χ3v) is 5.35. The predicted octanol–water partition coefficient (Wildman–Crippen LogP) is 2.97.